The highest BCUT2D eigenvalue weighted by Gasteiger charge is 2.34. The number of aromatic nitrogens is 2. The van der Waals surface area contributed by atoms with Crippen molar-refractivity contribution in [2.45, 2.75) is 44.7 Å². The molecule has 0 aromatic carbocycles. The Morgan fingerprint density at radius 2 is 1.75 bits per heavy atom. The van der Waals surface area contributed by atoms with Crippen molar-refractivity contribution in [3.05, 3.63) is 18.0 Å². The van der Waals surface area contributed by atoms with Crippen molar-refractivity contribution < 1.29 is 9.90 Å². The third-order valence-corrected chi connectivity index (χ3v) is 4.13. The molecule has 20 heavy (non-hydrogen) atoms. The monoisotopic (exact) mass is 276 g/mol. The highest BCUT2D eigenvalue weighted by atomic mass is 16.4. The summed E-state index contributed by atoms with van der Waals surface area (Å²) in [5, 5.41) is 9.22. The molecule has 6 nitrogen and oxygen atoms in total. The number of carboxylic acid groups (broad SMARTS) is 1. The van der Waals surface area contributed by atoms with Gasteiger partial charge >= 0.3 is 6.09 Å². The van der Waals surface area contributed by atoms with E-state index in [4.69, 9.17) is 0 Å². The zero-order valence-electron chi connectivity index (χ0n) is 11.9. The molecule has 108 valence electrons. The summed E-state index contributed by atoms with van der Waals surface area (Å²) >= 11 is 0. The van der Waals surface area contributed by atoms with E-state index in [0.717, 1.165) is 0 Å². The molecule has 0 radical (unpaired) electrons. The van der Waals surface area contributed by atoms with Crippen LogP contribution in [0.4, 0.5) is 10.7 Å². The van der Waals surface area contributed by atoms with E-state index in [1.165, 1.54) is 23.3 Å². The van der Waals surface area contributed by atoms with Crippen LogP contribution in [0.25, 0.3) is 0 Å². The Labute approximate surface area is 118 Å². The van der Waals surface area contributed by atoms with Crippen LogP contribution >= 0.6 is 0 Å². The normalized spacial score (nSPS) is 26.7. The molecule has 2 aliphatic rings. The first-order chi connectivity index (χ1) is 9.56. The summed E-state index contributed by atoms with van der Waals surface area (Å²) in [7, 11) is 0. The van der Waals surface area contributed by atoms with Crippen LogP contribution in [0.3, 0.4) is 0 Å². The van der Waals surface area contributed by atoms with E-state index in [-0.39, 0.29) is 12.1 Å². The summed E-state index contributed by atoms with van der Waals surface area (Å²) in [6.45, 7) is 5.13. The van der Waals surface area contributed by atoms with Gasteiger partial charge in [0.2, 0.25) is 5.95 Å². The van der Waals surface area contributed by atoms with Gasteiger partial charge in [0.25, 0.3) is 0 Å². The Balaban J connectivity index is 1.73. The van der Waals surface area contributed by atoms with Gasteiger partial charge in [-0.3, -0.25) is 4.90 Å². The van der Waals surface area contributed by atoms with Gasteiger partial charge in [-0.2, -0.15) is 0 Å². The number of anilines is 1. The Morgan fingerprint density at radius 1 is 1.20 bits per heavy atom. The molecule has 3 rings (SSSR count). The molecular weight excluding hydrogens is 256 g/mol. The van der Waals surface area contributed by atoms with E-state index in [1.807, 2.05) is 26.2 Å². The summed E-state index contributed by atoms with van der Waals surface area (Å²) in [5.74, 6) is 1.36. The fourth-order valence-electron chi connectivity index (χ4n) is 2.99. The van der Waals surface area contributed by atoms with Crippen molar-refractivity contribution in [1.29, 1.82) is 0 Å². The second-order valence-corrected chi connectivity index (χ2v) is 5.88. The zero-order chi connectivity index (χ0) is 14.3. The molecule has 1 saturated carbocycles. The summed E-state index contributed by atoms with van der Waals surface area (Å²) in [5.41, 5.74) is 1.22. The summed E-state index contributed by atoms with van der Waals surface area (Å²) in [6, 6.07) is -0.106. The second-order valence-electron chi connectivity index (χ2n) is 5.88. The molecule has 0 spiro atoms. The summed E-state index contributed by atoms with van der Waals surface area (Å²) < 4.78 is 0. The molecule has 1 aromatic rings. The Bertz CT molecular complexity index is 488. The topological polar surface area (TPSA) is 69.6 Å². The first-order valence-corrected chi connectivity index (χ1v) is 7.14. The fraction of sp³-hybridized carbons (Fsp3) is 0.643. The number of amides is 1. The van der Waals surface area contributed by atoms with Gasteiger partial charge in [-0.1, -0.05) is 0 Å². The van der Waals surface area contributed by atoms with Gasteiger partial charge in [-0.15, -0.1) is 0 Å². The lowest BCUT2D eigenvalue weighted by molar-refractivity contribution is 0.0979. The average Bonchev–Trinajstić information content (AvgIpc) is 3.22. The van der Waals surface area contributed by atoms with Crippen molar-refractivity contribution in [2.75, 3.05) is 18.0 Å². The van der Waals surface area contributed by atoms with E-state index < -0.39 is 6.09 Å². The van der Waals surface area contributed by atoms with Crippen LogP contribution in [0.2, 0.25) is 0 Å². The zero-order valence-corrected chi connectivity index (χ0v) is 11.9. The highest BCUT2D eigenvalue weighted by molar-refractivity contribution is 5.66. The molecule has 6 heteroatoms. The maximum atomic E-state index is 11.2. The molecule has 1 N–H and O–H groups in total. The van der Waals surface area contributed by atoms with Gasteiger partial charge in [-0.05, 0) is 38.2 Å². The third-order valence-electron chi connectivity index (χ3n) is 4.13. The quantitative estimate of drug-likeness (QED) is 0.893. The molecule has 2 atom stereocenters. The van der Waals surface area contributed by atoms with Gasteiger partial charge in [0.15, 0.2) is 0 Å². The lowest BCUT2D eigenvalue weighted by Gasteiger charge is -2.42. The number of rotatable bonds is 2. The second kappa shape index (κ2) is 4.92. The average molecular weight is 276 g/mol. The van der Waals surface area contributed by atoms with Crippen LogP contribution in [-0.2, 0) is 0 Å². The van der Waals surface area contributed by atoms with Crippen LogP contribution in [-0.4, -0.2) is 51.2 Å². The van der Waals surface area contributed by atoms with E-state index in [2.05, 4.69) is 14.9 Å². The van der Waals surface area contributed by atoms with Crippen molar-refractivity contribution in [2.24, 2.45) is 0 Å². The van der Waals surface area contributed by atoms with Crippen molar-refractivity contribution in [3.63, 3.8) is 0 Å². The molecule has 0 bridgehead atoms. The maximum absolute atomic E-state index is 11.2. The maximum Gasteiger partial charge on any atom is 0.407 e. The molecule has 1 aliphatic carbocycles. The van der Waals surface area contributed by atoms with Crippen molar-refractivity contribution in [1.82, 2.24) is 14.9 Å². The van der Waals surface area contributed by atoms with Crippen LogP contribution in [0.1, 0.15) is 38.2 Å². The summed E-state index contributed by atoms with van der Waals surface area (Å²) in [6.07, 6.45) is 5.47. The van der Waals surface area contributed by atoms with E-state index in [1.54, 1.807) is 0 Å². The molecular formula is C14H20N4O2. The van der Waals surface area contributed by atoms with Gasteiger partial charge in [0.05, 0.1) is 12.1 Å². The Morgan fingerprint density at radius 3 is 2.20 bits per heavy atom. The van der Waals surface area contributed by atoms with Crippen molar-refractivity contribution in [3.8, 4) is 0 Å². The lowest BCUT2D eigenvalue weighted by atomic mass is 10.1. The molecule has 2 fully saturated rings. The van der Waals surface area contributed by atoms with E-state index in [0.29, 0.717) is 25.0 Å². The first-order valence-electron chi connectivity index (χ1n) is 7.14. The Hall–Kier alpha value is -1.85. The summed E-state index contributed by atoms with van der Waals surface area (Å²) in [4.78, 5) is 23.7. The standard InChI is InChI=1S/C14H20N4O2/c1-9-7-17(8-10(2)18(9)14(19)20)13-15-5-12(6-16-13)11-3-4-11/h5-6,9-11H,3-4,7-8H2,1-2H3,(H,19,20)/t9-,10-/m0/s1. The molecule has 2 heterocycles. The van der Waals surface area contributed by atoms with E-state index in [9.17, 15) is 9.90 Å². The number of hydrogen-bond donors (Lipinski definition) is 1. The SMILES string of the molecule is C[C@H]1CN(c2ncc(C3CC3)cn2)C[C@H](C)N1C(=O)O. The minimum atomic E-state index is -0.852. The molecule has 1 aliphatic heterocycles. The van der Waals surface area contributed by atoms with Crippen molar-refractivity contribution >= 4 is 12.0 Å². The number of piperazine rings is 1. The highest BCUT2D eigenvalue weighted by Crippen LogP contribution is 2.39. The third kappa shape index (κ3) is 2.42. The molecule has 0 unspecified atom stereocenters. The van der Waals surface area contributed by atoms with Crippen LogP contribution < -0.4 is 4.90 Å². The predicted octanol–water partition coefficient (Wildman–Crippen LogP) is 1.93. The largest absolute Gasteiger partial charge is 0.465 e. The van der Waals surface area contributed by atoms with Gasteiger partial charge in [-0.25, -0.2) is 14.8 Å². The van der Waals surface area contributed by atoms with Gasteiger partial charge < -0.3 is 10.0 Å². The molecule has 1 saturated heterocycles. The minimum absolute atomic E-state index is 0.0528. The minimum Gasteiger partial charge on any atom is -0.465 e. The predicted molar refractivity (Wildman–Crippen MR) is 75.0 cm³/mol. The van der Waals surface area contributed by atoms with E-state index >= 15 is 0 Å². The molecule has 1 aromatic heterocycles. The number of hydrogen-bond acceptors (Lipinski definition) is 4. The van der Waals surface area contributed by atoms with Gasteiger partial charge in [0, 0.05) is 25.5 Å². The number of carbonyl (C=O) groups is 1. The van der Waals surface area contributed by atoms with Crippen LogP contribution in [0.15, 0.2) is 12.4 Å². The smallest absolute Gasteiger partial charge is 0.407 e. The number of nitrogens with zero attached hydrogens (tertiary/aromatic N) is 4. The molecule has 1 amide bonds. The fourth-order valence-corrected chi connectivity index (χ4v) is 2.99. The van der Waals surface area contributed by atoms with Gasteiger partial charge in [0.1, 0.15) is 0 Å². The lowest BCUT2D eigenvalue weighted by Crippen LogP contribution is -2.58. The van der Waals surface area contributed by atoms with Crippen LogP contribution in [0.5, 0.6) is 0 Å². The Kier molecular flexibility index (Phi) is 3.23. The first kappa shape index (κ1) is 13.1. The van der Waals surface area contributed by atoms with Crippen LogP contribution in [0, 0.1) is 0 Å².